The van der Waals surface area contributed by atoms with Gasteiger partial charge in [0.05, 0.1) is 12.2 Å². The van der Waals surface area contributed by atoms with Crippen LogP contribution < -0.4 is 15.0 Å². The lowest BCUT2D eigenvalue weighted by Crippen LogP contribution is -2.38. The van der Waals surface area contributed by atoms with Crippen LogP contribution in [0.15, 0.2) is 23.6 Å². The zero-order valence-corrected chi connectivity index (χ0v) is 16.8. The second-order valence-corrected chi connectivity index (χ2v) is 8.11. The van der Waals surface area contributed by atoms with Gasteiger partial charge in [-0.1, -0.05) is 6.07 Å². The van der Waals surface area contributed by atoms with Crippen molar-refractivity contribution < 1.29 is 14.3 Å². The molecule has 2 aliphatic rings. The van der Waals surface area contributed by atoms with Gasteiger partial charge >= 0.3 is 0 Å². The number of aromatic nitrogens is 1. The number of aryl methyl sites for hydroxylation is 1. The van der Waals surface area contributed by atoms with Gasteiger partial charge in [0.15, 0.2) is 6.61 Å². The molecule has 0 bridgehead atoms. The summed E-state index contributed by atoms with van der Waals surface area (Å²) in [5, 5.41) is 5.42. The van der Waals surface area contributed by atoms with E-state index in [1.165, 1.54) is 24.2 Å². The Hall–Kier alpha value is -2.45. The fourth-order valence-corrected chi connectivity index (χ4v) is 4.29. The van der Waals surface area contributed by atoms with E-state index in [4.69, 9.17) is 4.74 Å². The lowest BCUT2D eigenvalue weighted by molar-refractivity contribution is -0.121. The highest BCUT2D eigenvalue weighted by atomic mass is 32.1. The van der Waals surface area contributed by atoms with E-state index in [1.807, 2.05) is 25.1 Å². The van der Waals surface area contributed by atoms with E-state index in [-0.39, 0.29) is 18.4 Å². The topological polar surface area (TPSA) is 74.8 Å². The highest BCUT2D eigenvalue weighted by molar-refractivity contribution is 7.09. The first kappa shape index (κ1) is 18.9. The van der Waals surface area contributed by atoms with Crippen LogP contribution >= 0.6 is 11.3 Å². The first-order chi connectivity index (χ1) is 13.6. The number of carbonyl (C=O) groups excluding carboxylic acids is 2. The minimum absolute atomic E-state index is 0.0191. The number of ether oxygens (including phenoxy) is 1. The number of amides is 2. The van der Waals surface area contributed by atoms with Crippen molar-refractivity contribution in [3.63, 3.8) is 0 Å². The molecule has 4 rings (SSSR count). The number of hydrogen-bond acceptors (Lipinski definition) is 6. The molecule has 7 nitrogen and oxygen atoms in total. The van der Waals surface area contributed by atoms with Crippen LogP contribution in [0.5, 0.6) is 5.75 Å². The van der Waals surface area contributed by atoms with E-state index >= 15 is 0 Å². The van der Waals surface area contributed by atoms with Crippen molar-refractivity contribution in [2.24, 2.45) is 0 Å². The number of likely N-dealkylation sites (tertiary alicyclic amines) is 1. The van der Waals surface area contributed by atoms with Gasteiger partial charge in [-0.2, -0.15) is 0 Å². The van der Waals surface area contributed by atoms with Crippen molar-refractivity contribution >= 4 is 28.8 Å². The molecule has 0 unspecified atom stereocenters. The van der Waals surface area contributed by atoms with Crippen LogP contribution in [0, 0.1) is 6.92 Å². The molecular weight excluding hydrogens is 376 g/mol. The Morgan fingerprint density at radius 2 is 2.14 bits per heavy atom. The molecule has 3 heterocycles. The van der Waals surface area contributed by atoms with E-state index in [1.54, 1.807) is 10.3 Å². The van der Waals surface area contributed by atoms with Crippen LogP contribution in [0.1, 0.15) is 33.9 Å². The Kier molecular flexibility index (Phi) is 5.59. The fraction of sp³-hybridized carbons (Fsp3) is 0.450. The smallest absolute Gasteiger partial charge is 0.270 e. The van der Waals surface area contributed by atoms with Gasteiger partial charge in [-0.15, -0.1) is 11.3 Å². The Bertz CT molecular complexity index is 876. The lowest BCUT2D eigenvalue weighted by Gasteiger charge is -2.29. The quantitative estimate of drug-likeness (QED) is 0.805. The Labute approximate surface area is 168 Å². The third-order valence-corrected chi connectivity index (χ3v) is 5.88. The minimum Gasteiger partial charge on any atom is -0.482 e. The Morgan fingerprint density at radius 1 is 1.32 bits per heavy atom. The predicted octanol–water partition coefficient (Wildman–Crippen LogP) is 2.20. The molecule has 2 amide bonds. The van der Waals surface area contributed by atoms with Crippen molar-refractivity contribution in [3.05, 3.63) is 39.8 Å². The summed E-state index contributed by atoms with van der Waals surface area (Å²) in [6.07, 6.45) is 2.48. The van der Waals surface area contributed by atoms with Gasteiger partial charge < -0.3 is 15.0 Å². The Morgan fingerprint density at radius 3 is 2.96 bits per heavy atom. The van der Waals surface area contributed by atoms with Crippen molar-refractivity contribution in [1.29, 1.82) is 0 Å². The van der Waals surface area contributed by atoms with Crippen molar-refractivity contribution in [3.8, 4) is 5.75 Å². The molecule has 1 aromatic heterocycles. The highest BCUT2D eigenvalue weighted by Gasteiger charge is 2.27. The molecule has 8 heteroatoms. The number of anilines is 1. The number of carbonyl (C=O) groups is 2. The van der Waals surface area contributed by atoms with Crippen LogP contribution in [0.2, 0.25) is 0 Å². The molecule has 1 fully saturated rings. The summed E-state index contributed by atoms with van der Waals surface area (Å²) in [5.41, 5.74) is 2.22. The van der Waals surface area contributed by atoms with E-state index in [0.29, 0.717) is 24.5 Å². The van der Waals surface area contributed by atoms with E-state index in [9.17, 15) is 9.59 Å². The zero-order chi connectivity index (χ0) is 19.5. The summed E-state index contributed by atoms with van der Waals surface area (Å²) in [4.78, 5) is 33.2. The monoisotopic (exact) mass is 400 g/mol. The molecule has 2 aromatic rings. The number of benzene rings is 1. The largest absolute Gasteiger partial charge is 0.482 e. The molecule has 1 N–H and O–H groups in total. The van der Waals surface area contributed by atoms with Gasteiger partial charge in [-0.05, 0) is 50.6 Å². The summed E-state index contributed by atoms with van der Waals surface area (Å²) in [7, 11) is 0. The van der Waals surface area contributed by atoms with E-state index in [2.05, 4.69) is 15.2 Å². The van der Waals surface area contributed by atoms with Crippen LogP contribution in [-0.4, -0.2) is 54.5 Å². The molecule has 1 aromatic carbocycles. The molecular formula is C20H24N4O3S. The summed E-state index contributed by atoms with van der Waals surface area (Å²) in [6, 6.07) is 5.78. The molecule has 148 valence electrons. The highest BCUT2D eigenvalue weighted by Crippen LogP contribution is 2.34. The van der Waals surface area contributed by atoms with Gasteiger partial charge in [0, 0.05) is 18.5 Å². The molecule has 2 aliphatic heterocycles. The molecule has 0 aliphatic carbocycles. The molecule has 1 saturated heterocycles. The summed E-state index contributed by atoms with van der Waals surface area (Å²) in [6.45, 7) is 6.07. The maximum atomic E-state index is 12.4. The van der Waals surface area contributed by atoms with Gasteiger partial charge in [-0.25, -0.2) is 4.98 Å². The number of hydrogen-bond donors (Lipinski definition) is 1. The molecule has 0 atom stereocenters. The minimum atomic E-state index is -0.161. The van der Waals surface area contributed by atoms with Crippen molar-refractivity contribution in [2.45, 2.75) is 26.3 Å². The van der Waals surface area contributed by atoms with Crippen LogP contribution in [0.25, 0.3) is 0 Å². The maximum absolute atomic E-state index is 12.4. The van der Waals surface area contributed by atoms with Crippen LogP contribution in [0.4, 0.5) is 5.69 Å². The standard InChI is InChI=1S/C20H24N4O3S/c1-14-4-5-17-16(10-14)24(19(25)12-27-17)11-18-22-15(13-28-18)20(26)21-6-9-23-7-2-3-8-23/h4-5,10,13H,2-3,6-9,11-12H2,1H3,(H,21,26). The molecule has 0 radical (unpaired) electrons. The first-order valence-corrected chi connectivity index (χ1v) is 10.5. The van der Waals surface area contributed by atoms with Crippen molar-refractivity contribution in [1.82, 2.24) is 15.2 Å². The van der Waals surface area contributed by atoms with E-state index in [0.717, 1.165) is 35.9 Å². The summed E-state index contributed by atoms with van der Waals surface area (Å²) in [5.74, 6) is 0.429. The molecule has 0 saturated carbocycles. The number of nitrogens with zero attached hydrogens (tertiary/aromatic N) is 3. The van der Waals surface area contributed by atoms with Crippen LogP contribution in [0.3, 0.4) is 0 Å². The van der Waals surface area contributed by atoms with Crippen molar-refractivity contribution in [2.75, 3.05) is 37.7 Å². The van der Waals surface area contributed by atoms with Crippen LogP contribution in [-0.2, 0) is 11.3 Å². The molecule has 0 spiro atoms. The first-order valence-electron chi connectivity index (χ1n) is 9.59. The van der Waals surface area contributed by atoms with Gasteiger partial charge in [0.25, 0.3) is 11.8 Å². The van der Waals surface area contributed by atoms with Gasteiger partial charge in [-0.3, -0.25) is 14.5 Å². The second-order valence-electron chi connectivity index (χ2n) is 7.17. The average molecular weight is 401 g/mol. The van der Waals surface area contributed by atoms with E-state index < -0.39 is 0 Å². The lowest BCUT2D eigenvalue weighted by atomic mass is 10.1. The van der Waals surface area contributed by atoms with Gasteiger partial charge in [0.2, 0.25) is 0 Å². The zero-order valence-electron chi connectivity index (χ0n) is 15.9. The maximum Gasteiger partial charge on any atom is 0.270 e. The Balaban J connectivity index is 1.38. The SMILES string of the molecule is Cc1ccc2c(c1)N(Cc1nc(C(=O)NCCN3CCCC3)cs1)C(=O)CO2. The third kappa shape index (κ3) is 4.18. The predicted molar refractivity (Wildman–Crippen MR) is 108 cm³/mol. The second kappa shape index (κ2) is 8.28. The number of rotatable bonds is 6. The fourth-order valence-electron chi connectivity index (χ4n) is 3.53. The number of nitrogens with one attached hydrogen (secondary N) is 1. The summed E-state index contributed by atoms with van der Waals surface area (Å²) >= 11 is 1.39. The number of fused-ring (bicyclic) bond motifs is 1. The number of thiazole rings is 1. The summed E-state index contributed by atoms with van der Waals surface area (Å²) < 4.78 is 5.51. The third-order valence-electron chi connectivity index (χ3n) is 5.05. The average Bonchev–Trinajstić information content (AvgIpc) is 3.36. The van der Waals surface area contributed by atoms with Gasteiger partial charge in [0.1, 0.15) is 16.5 Å². The molecule has 28 heavy (non-hydrogen) atoms. The normalized spacial score (nSPS) is 16.8.